The lowest BCUT2D eigenvalue weighted by Gasteiger charge is -2.28. The number of hydroxylamine groups is 1. The average molecular weight is 582 g/mol. The van der Waals surface area contributed by atoms with Crippen LogP contribution in [-0.4, -0.2) is 74.4 Å². The Hall–Kier alpha value is -4.34. The van der Waals surface area contributed by atoms with E-state index >= 15 is 0 Å². The summed E-state index contributed by atoms with van der Waals surface area (Å²) in [6.07, 6.45) is 2.68. The molecule has 0 radical (unpaired) electrons. The number of H-pyrrole nitrogens is 1. The quantitative estimate of drug-likeness (QED) is 0.192. The summed E-state index contributed by atoms with van der Waals surface area (Å²) < 4.78 is 34.2. The van der Waals surface area contributed by atoms with Crippen molar-refractivity contribution in [1.82, 2.24) is 35.4 Å². The molecule has 212 valence electrons. The van der Waals surface area contributed by atoms with E-state index in [-0.39, 0.29) is 5.56 Å². The largest absolute Gasteiger partial charge is 0.378 e. The summed E-state index contributed by atoms with van der Waals surface area (Å²) in [6.45, 7) is 3.79. The summed E-state index contributed by atoms with van der Waals surface area (Å²) in [5.74, 6) is -2.50. The molecular weight excluding hydrogens is 556 g/mol. The summed E-state index contributed by atoms with van der Waals surface area (Å²) >= 11 is 1.56. The predicted molar refractivity (Wildman–Crippen MR) is 148 cm³/mol. The second-order valence-corrected chi connectivity index (χ2v) is 10.8. The van der Waals surface area contributed by atoms with Gasteiger partial charge in [0.25, 0.3) is 5.91 Å². The molecule has 1 aliphatic heterocycles. The molecule has 0 atom stereocenters. The van der Waals surface area contributed by atoms with Gasteiger partial charge in [0, 0.05) is 49.9 Å². The number of imidazole rings is 1. The molecule has 0 spiro atoms. The number of aromatic nitrogens is 6. The highest BCUT2D eigenvalue weighted by molar-refractivity contribution is 7.19. The molecule has 4 aromatic heterocycles. The van der Waals surface area contributed by atoms with Gasteiger partial charge in [-0.3, -0.25) is 10.0 Å². The number of aromatic amines is 1. The van der Waals surface area contributed by atoms with E-state index in [0.717, 1.165) is 27.8 Å². The molecule has 1 aromatic carbocycles. The van der Waals surface area contributed by atoms with E-state index in [9.17, 15) is 13.6 Å². The molecule has 5 heterocycles. The van der Waals surface area contributed by atoms with Crippen molar-refractivity contribution >= 4 is 50.3 Å². The van der Waals surface area contributed by atoms with Crippen LogP contribution in [0.1, 0.15) is 28.0 Å². The lowest BCUT2D eigenvalue weighted by atomic mass is 10.2. The topological polar surface area (TPSA) is 145 Å². The fourth-order valence-electron chi connectivity index (χ4n) is 4.52. The lowest BCUT2D eigenvalue weighted by Crippen LogP contribution is -2.36. The first-order chi connectivity index (χ1) is 19.7. The molecule has 1 aliphatic rings. The van der Waals surface area contributed by atoms with Gasteiger partial charge in [-0.2, -0.15) is 8.78 Å². The number of hydrogen-bond acceptors (Lipinski definition) is 11. The van der Waals surface area contributed by atoms with Crippen molar-refractivity contribution in [2.45, 2.75) is 19.4 Å². The molecule has 3 N–H and O–H groups in total. The van der Waals surface area contributed by atoms with E-state index in [1.165, 1.54) is 12.4 Å². The second-order valence-electron chi connectivity index (χ2n) is 9.67. The standard InChI is InChI=1S/C26H25F2N9O3S/c1-26(27,28)24-32-17-4-3-14(9-18(17)33-24)21-31-19-10-16(41-20(19)22(34-21)37-5-7-40-8-6-37)13-36(2)25-29-11-15(12-30-25)23(38)35-39/h3-4,9-12,39H,5-8,13H2,1-2H3,(H,32,33)(H,35,38). The van der Waals surface area contributed by atoms with Crippen LogP contribution >= 0.6 is 11.3 Å². The Balaban J connectivity index is 1.36. The van der Waals surface area contributed by atoms with Crippen molar-refractivity contribution in [2.24, 2.45) is 0 Å². The highest BCUT2D eigenvalue weighted by Crippen LogP contribution is 2.36. The van der Waals surface area contributed by atoms with E-state index in [1.54, 1.807) is 35.0 Å². The molecule has 0 bridgehead atoms. The van der Waals surface area contributed by atoms with Gasteiger partial charge in [0.1, 0.15) is 0 Å². The Bertz CT molecular complexity index is 1730. The molecule has 0 aliphatic carbocycles. The van der Waals surface area contributed by atoms with Crippen LogP contribution in [-0.2, 0) is 17.2 Å². The number of nitrogens with one attached hydrogen (secondary N) is 2. The van der Waals surface area contributed by atoms with Crippen molar-refractivity contribution in [3.8, 4) is 11.4 Å². The Morgan fingerprint density at radius 1 is 1.17 bits per heavy atom. The Morgan fingerprint density at radius 3 is 2.63 bits per heavy atom. The number of halogens is 2. The molecule has 1 amide bonds. The monoisotopic (exact) mass is 581 g/mol. The van der Waals surface area contributed by atoms with E-state index in [4.69, 9.17) is 19.9 Å². The van der Waals surface area contributed by atoms with Crippen LogP contribution in [0, 0.1) is 0 Å². The van der Waals surface area contributed by atoms with Gasteiger partial charge in [0.15, 0.2) is 17.5 Å². The van der Waals surface area contributed by atoms with Gasteiger partial charge in [0.05, 0.1) is 46.6 Å². The first-order valence-electron chi connectivity index (χ1n) is 12.7. The number of amides is 1. The van der Waals surface area contributed by atoms with Gasteiger partial charge in [-0.05, 0) is 24.3 Å². The summed E-state index contributed by atoms with van der Waals surface area (Å²) in [6, 6.07) is 7.19. The van der Waals surface area contributed by atoms with Crippen molar-refractivity contribution < 1.29 is 23.5 Å². The maximum Gasteiger partial charge on any atom is 0.301 e. The molecule has 1 saturated heterocycles. The molecule has 41 heavy (non-hydrogen) atoms. The molecule has 5 aromatic rings. The van der Waals surface area contributed by atoms with E-state index in [1.807, 2.05) is 18.0 Å². The van der Waals surface area contributed by atoms with Crippen LogP contribution in [0.15, 0.2) is 36.7 Å². The van der Waals surface area contributed by atoms with Crippen LogP contribution in [0.5, 0.6) is 0 Å². The lowest BCUT2D eigenvalue weighted by molar-refractivity contribution is 0.00890. The summed E-state index contributed by atoms with van der Waals surface area (Å²) in [4.78, 5) is 41.5. The summed E-state index contributed by atoms with van der Waals surface area (Å²) in [7, 11) is 1.83. The number of thiophene rings is 1. The summed E-state index contributed by atoms with van der Waals surface area (Å²) in [5.41, 5.74) is 4.04. The number of rotatable bonds is 7. The number of carbonyl (C=O) groups excluding carboxylic acids is 1. The maximum absolute atomic E-state index is 13.8. The number of hydrogen-bond donors (Lipinski definition) is 3. The van der Waals surface area contributed by atoms with Crippen LogP contribution < -0.4 is 15.3 Å². The van der Waals surface area contributed by atoms with Crippen LogP contribution in [0.2, 0.25) is 0 Å². The number of alkyl halides is 2. The number of anilines is 2. The maximum atomic E-state index is 13.8. The number of morpholine rings is 1. The number of carbonyl (C=O) groups is 1. The number of ether oxygens (including phenoxy) is 1. The van der Waals surface area contributed by atoms with Crippen molar-refractivity contribution in [3.05, 3.63) is 52.9 Å². The Morgan fingerprint density at radius 2 is 1.93 bits per heavy atom. The first kappa shape index (κ1) is 26.9. The van der Waals surface area contributed by atoms with Gasteiger partial charge in [-0.1, -0.05) is 0 Å². The van der Waals surface area contributed by atoms with Gasteiger partial charge < -0.3 is 19.5 Å². The Labute approximate surface area is 236 Å². The van der Waals surface area contributed by atoms with E-state index in [0.29, 0.717) is 61.2 Å². The third-order valence-corrected chi connectivity index (χ3v) is 7.71. The van der Waals surface area contributed by atoms with Crippen LogP contribution in [0.4, 0.5) is 20.5 Å². The fraction of sp³-hybridized carbons (Fsp3) is 0.308. The highest BCUT2D eigenvalue weighted by atomic mass is 32.1. The highest BCUT2D eigenvalue weighted by Gasteiger charge is 2.28. The molecule has 15 heteroatoms. The zero-order valence-electron chi connectivity index (χ0n) is 22.1. The van der Waals surface area contributed by atoms with Crippen molar-refractivity contribution in [3.63, 3.8) is 0 Å². The van der Waals surface area contributed by atoms with Crippen molar-refractivity contribution in [1.29, 1.82) is 0 Å². The second kappa shape index (κ2) is 10.6. The van der Waals surface area contributed by atoms with Crippen LogP contribution in [0.25, 0.3) is 32.6 Å². The smallest absolute Gasteiger partial charge is 0.301 e. The zero-order chi connectivity index (χ0) is 28.7. The van der Waals surface area contributed by atoms with Crippen molar-refractivity contribution in [2.75, 3.05) is 43.2 Å². The SMILES string of the molecule is CN(Cc1cc2nc(-c3ccc4nc(C(C)(F)F)[nH]c4c3)nc(N3CCOCC3)c2s1)c1ncc(C(=O)NO)cn1. The average Bonchev–Trinajstić information content (AvgIpc) is 3.60. The fourth-order valence-corrected chi connectivity index (χ4v) is 5.69. The van der Waals surface area contributed by atoms with Gasteiger partial charge in [0.2, 0.25) is 5.95 Å². The molecular formula is C26H25F2N9O3S. The predicted octanol–water partition coefficient (Wildman–Crippen LogP) is 3.73. The first-order valence-corrected chi connectivity index (χ1v) is 13.5. The minimum Gasteiger partial charge on any atom is -0.378 e. The minimum atomic E-state index is -3.08. The molecule has 0 saturated carbocycles. The minimum absolute atomic E-state index is 0.136. The van der Waals surface area contributed by atoms with E-state index < -0.39 is 17.7 Å². The number of nitrogens with zero attached hydrogens (tertiary/aromatic N) is 7. The van der Waals surface area contributed by atoms with Crippen LogP contribution in [0.3, 0.4) is 0 Å². The third kappa shape index (κ3) is 5.38. The normalized spacial score (nSPS) is 14.1. The van der Waals surface area contributed by atoms with Gasteiger partial charge in [-0.25, -0.2) is 30.4 Å². The van der Waals surface area contributed by atoms with Gasteiger partial charge in [-0.15, -0.1) is 11.3 Å². The third-order valence-electron chi connectivity index (χ3n) is 6.61. The van der Waals surface area contributed by atoms with Gasteiger partial charge >= 0.3 is 5.92 Å². The molecule has 1 fully saturated rings. The number of benzene rings is 1. The Kier molecular flexibility index (Phi) is 6.93. The summed E-state index contributed by atoms with van der Waals surface area (Å²) in [5, 5.41) is 8.80. The molecule has 0 unspecified atom stereocenters. The molecule has 12 nitrogen and oxygen atoms in total. The zero-order valence-corrected chi connectivity index (χ0v) is 22.9. The molecule has 6 rings (SSSR count). The number of fused-ring (bicyclic) bond motifs is 2. The van der Waals surface area contributed by atoms with E-state index in [2.05, 4.69) is 24.8 Å².